The Labute approximate surface area is 117 Å². The summed E-state index contributed by atoms with van der Waals surface area (Å²) in [5.41, 5.74) is 6.93. The van der Waals surface area contributed by atoms with Crippen LogP contribution < -0.4 is 5.73 Å². The summed E-state index contributed by atoms with van der Waals surface area (Å²) in [6.07, 6.45) is 2.32. The Balaban J connectivity index is 1.93. The molecule has 0 aromatic heterocycles. The van der Waals surface area contributed by atoms with Gasteiger partial charge in [-0.1, -0.05) is 15.9 Å². The van der Waals surface area contributed by atoms with E-state index in [0.29, 0.717) is 17.7 Å². The van der Waals surface area contributed by atoms with Gasteiger partial charge in [-0.05, 0) is 57.0 Å². The summed E-state index contributed by atoms with van der Waals surface area (Å²) in [6.45, 7) is 5.05. The number of piperidine rings is 1. The van der Waals surface area contributed by atoms with Crippen LogP contribution in [0.4, 0.5) is 0 Å². The SMILES string of the molecule is CC(N)C1CCN(Cc2cc(Br)ccc2O)CC1. The second-order valence-electron chi connectivity index (χ2n) is 5.25. The van der Waals surface area contributed by atoms with E-state index in [1.54, 1.807) is 6.07 Å². The highest BCUT2D eigenvalue weighted by Gasteiger charge is 2.22. The van der Waals surface area contributed by atoms with E-state index in [1.165, 1.54) is 0 Å². The van der Waals surface area contributed by atoms with Crippen LogP contribution in [0.2, 0.25) is 0 Å². The summed E-state index contributed by atoms with van der Waals surface area (Å²) in [5, 5.41) is 9.84. The van der Waals surface area contributed by atoms with Gasteiger partial charge in [0, 0.05) is 22.6 Å². The molecule has 4 heteroatoms. The largest absolute Gasteiger partial charge is 0.508 e. The third-order valence-corrected chi connectivity index (χ3v) is 4.30. The lowest BCUT2D eigenvalue weighted by molar-refractivity contribution is 0.164. The molecule has 3 nitrogen and oxygen atoms in total. The molecule has 1 aliphatic heterocycles. The fourth-order valence-electron chi connectivity index (χ4n) is 2.56. The number of nitrogens with two attached hydrogens (primary N) is 1. The second kappa shape index (κ2) is 6.04. The quantitative estimate of drug-likeness (QED) is 0.902. The molecule has 1 atom stereocenters. The number of likely N-dealkylation sites (tertiary alicyclic amines) is 1. The molecule has 3 N–H and O–H groups in total. The average Bonchev–Trinajstić information content (AvgIpc) is 2.34. The Bertz CT molecular complexity index is 401. The van der Waals surface area contributed by atoms with Crippen LogP contribution in [0, 0.1) is 5.92 Å². The Hall–Kier alpha value is -0.580. The number of rotatable bonds is 3. The zero-order valence-electron chi connectivity index (χ0n) is 10.8. The number of nitrogens with zero attached hydrogens (tertiary/aromatic N) is 1. The normalized spacial score (nSPS) is 19.9. The molecule has 0 saturated carbocycles. The van der Waals surface area contributed by atoms with Gasteiger partial charge in [0.25, 0.3) is 0 Å². The molecule has 1 saturated heterocycles. The van der Waals surface area contributed by atoms with Gasteiger partial charge in [-0.15, -0.1) is 0 Å². The molecule has 1 fully saturated rings. The van der Waals surface area contributed by atoms with Crippen molar-refractivity contribution in [1.29, 1.82) is 0 Å². The number of hydrogen-bond acceptors (Lipinski definition) is 3. The summed E-state index contributed by atoms with van der Waals surface area (Å²) in [4.78, 5) is 2.39. The van der Waals surface area contributed by atoms with Gasteiger partial charge >= 0.3 is 0 Å². The van der Waals surface area contributed by atoms with Crippen molar-refractivity contribution in [2.24, 2.45) is 11.7 Å². The molecule has 1 heterocycles. The Morgan fingerprint density at radius 1 is 1.44 bits per heavy atom. The van der Waals surface area contributed by atoms with E-state index >= 15 is 0 Å². The molecule has 0 bridgehead atoms. The molecule has 0 aliphatic carbocycles. The van der Waals surface area contributed by atoms with Crippen molar-refractivity contribution in [2.45, 2.75) is 32.4 Å². The Morgan fingerprint density at radius 3 is 2.72 bits per heavy atom. The fraction of sp³-hybridized carbons (Fsp3) is 0.571. The van der Waals surface area contributed by atoms with E-state index in [0.717, 1.165) is 42.5 Å². The highest BCUT2D eigenvalue weighted by Crippen LogP contribution is 2.26. The lowest BCUT2D eigenvalue weighted by atomic mass is 9.91. The summed E-state index contributed by atoms with van der Waals surface area (Å²) in [5.74, 6) is 1.03. The molecular weight excluding hydrogens is 292 g/mol. The number of phenols is 1. The van der Waals surface area contributed by atoms with E-state index in [1.807, 2.05) is 12.1 Å². The van der Waals surface area contributed by atoms with Crippen LogP contribution in [0.5, 0.6) is 5.75 Å². The number of benzene rings is 1. The Kier molecular flexibility index (Phi) is 4.65. The summed E-state index contributed by atoms with van der Waals surface area (Å²) in [6, 6.07) is 5.90. The van der Waals surface area contributed by atoms with Crippen molar-refractivity contribution < 1.29 is 5.11 Å². The third-order valence-electron chi connectivity index (χ3n) is 3.81. The predicted molar refractivity (Wildman–Crippen MR) is 77.5 cm³/mol. The minimum Gasteiger partial charge on any atom is -0.508 e. The van der Waals surface area contributed by atoms with Gasteiger partial charge in [0.15, 0.2) is 0 Å². The van der Waals surface area contributed by atoms with Crippen molar-refractivity contribution in [1.82, 2.24) is 4.90 Å². The van der Waals surface area contributed by atoms with Crippen LogP contribution in [-0.2, 0) is 6.54 Å². The molecule has 0 radical (unpaired) electrons. The molecule has 1 unspecified atom stereocenters. The highest BCUT2D eigenvalue weighted by molar-refractivity contribution is 9.10. The summed E-state index contributed by atoms with van der Waals surface area (Å²) < 4.78 is 1.01. The van der Waals surface area contributed by atoms with E-state index < -0.39 is 0 Å². The maximum atomic E-state index is 9.84. The fourth-order valence-corrected chi connectivity index (χ4v) is 2.97. The standard InChI is InChI=1S/C14H21BrN2O/c1-10(16)11-4-6-17(7-5-11)9-12-8-13(15)2-3-14(12)18/h2-3,8,10-11,18H,4-7,9,16H2,1H3. The van der Waals surface area contributed by atoms with E-state index in [9.17, 15) is 5.11 Å². The molecule has 1 aliphatic rings. The summed E-state index contributed by atoms with van der Waals surface area (Å²) >= 11 is 3.44. The monoisotopic (exact) mass is 312 g/mol. The van der Waals surface area contributed by atoms with Crippen molar-refractivity contribution in [3.63, 3.8) is 0 Å². The lowest BCUT2D eigenvalue weighted by Gasteiger charge is -2.33. The van der Waals surface area contributed by atoms with Gasteiger partial charge in [0.2, 0.25) is 0 Å². The minimum atomic E-state index is 0.298. The third kappa shape index (κ3) is 3.46. The van der Waals surface area contributed by atoms with Gasteiger partial charge in [-0.3, -0.25) is 4.90 Å². The van der Waals surface area contributed by atoms with Gasteiger partial charge in [-0.2, -0.15) is 0 Å². The number of aromatic hydroxyl groups is 1. The van der Waals surface area contributed by atoms with Gasteiger partial charge in [0.1, 0.15) is 5.75 Å². The lowest BCUT2D eigenvalue weighted by Crippen LogP contribution is -2.39. The second-order valence-corrected chi connectivity index (χ2v) is 6.16. The zero-order chi connectivity index (χ0) is 13.1. The molecule has 1 aromatic rings. The van der Waals surface area contributed by atoms with Gasteiger partial charge in [0.05, 0.1) is 0 Å². The van der Waals surface area contributed by atoms with E-state index in [4.69, 9.17) is 5.73 Å². The van der Waals surface area contributed by atoms with Gasteiger partial charge < -0.3 is 10.8 Å². The first-order valence-corrected chi connectivity index (χ1v) is 7.31. The van der Waals surface area contributed by atoms with Crippen LogP contribution in [0.25, 0.3) is 0 Å². The first-order chi connectivity index (χ1) is 8.56. The highest BCUT2D eigenvalue weighted by atomic mass is 79.9. The van der Waals surface area contributed by atoms with Gasteiger partial charge in [-0.25, -0.2) is 0 Å². The number of phenolic OH excluding ortho intramolecular Hbond substituents is 1. The molecule has 0 spiro atoms. The smallest absolute Gasteiger partial charge is 0.120 e. The molecule has 0 amide bonds. The van der Waals surface area contributed by atoms with E-state index in [2.05, 4.69) is 27.8 Å². The maximum absolute atomic E-state index is 9.84. The van der Waals surface area contributed by atoms with Crippen molar-refractivity contribution in [3.8, 4) is 5.75 Å². The van der Waals surface area contributed by atoms with Crippen LogP contribution in [0.15, 0.2) is 22.7 Å². The Morgan fingerprint density at radius 2 is 2.11 bits per heavy atom. The van der Waals surface area contributed by atoms with Crippen LogP contribution in [0.3, 0.4) is 0 Å². The van der Waals surface area contributed by atoms with Crippen molar-refractivity contribution in [3.05, 3.63) is 28.2 Å². The topological polar surface area (TPSA) is 49.5 Å². The average molecular weight is 313 g/mol. The van der Waals surface area contributed by atoms with Crippen molar-refractivity contribution in [2.75, 3.05) is 13.1 Å². The summed E-state index contributed by atoms with van der Waals surface area (Å²) in [7, 11) is 0. The maximum Gasteiger partial charge on any atom is 0.120 e. The molecule has 2 rings (SSSR count). The van der Waals surface area contributed by atoms with Crippen LogP contribution >= 0.6 is 15.9 Å². The zero-order valence-corrected chi connectivity index (χ0v) is 12.4. The van der Waals surface area contributed by atoms with Crippen molar-refractivity contribution >= 4 is 15.9 Å². The molecule has 18 heavy (non-hydrogen) atoms. The first kappa shape index (κ1) is 13.8. The predicted octanol–water partition coefficient (Wildman–Crippen LogP) is 2.71. The van der Waals surface area contributed by atoms with Crippen LogP contribution in [0.1, 0.15) is 25.3 Å². The number of halogens is 1. The molecule has 1 aromatic carbocycles. The van der Waals surface area contributed by atoms with E-state index in [-0.39, 0.29) is 0 Å². The number of hydrogen-bond donors (Lipinski definition) is 2. The van der Waals surface area contributed by atoms with Crippen LogP contribution in [-0.4, -0.2) is 29.1 Å². The molecular formula is C14H21BrN2O. The molecule has 100 valence electrons. The minimum absolute atomic E-state index is 0.298. The first-order valence-electron chi connectivity index (χ1n) is 6.51.